The standard InChI is InChI=1S/C23H23N5OS/c1-15-4-3-5-17(12-15)26-23-25-14-16-6-7-19-18(21(16)27(23)2)13-20(30-19)22(29)28-10-8-24-9-11-28/h3-8,10,12-14,23-24,26H,9,11H2,1-2H3. The fourth-order valence-electron chi connectivity index (χ4n) is 3.90. The fraction of sp³-hybridized carbons (Fsp3) is 0.217. The van der Waals surface area contributed by atoms with Gasteiger partial charge in [0.15, 0.2) is 6.29 Å². The van der Waals surface area contributed by atoms with Crippen molar-refractivity contribution in [2.24, 2.45) is 4.99 Å². The number of benzene rings is 2. The summed E-state index contributed by atoms with van der Waals surface area (Å²) in [4.78, 5) is 22.3. The molecule has 3 heterocycles. The lowest BCUT2D eigenvalue weighted by Gasteiger charge is -2.33. The van der Waals surface area contributed by atoms with Crippen molar-refractivity contribution in [1.82, 2.24) is 10.2 Å². The number of hydrogen-bond acceptors (Lipinski definition) is 6. The molecule has 0 fully saturated rings. The third-order valence-electron chi connectivity index (χ3n) is 5.43. The summed E-state index contributed by atoms with van der Waals surface area (Å²) in [6.45, 7) is 3.53. The quantitative estimate of drug-likeness (QED) is 0.677. The van der Waals surface area contributed by atoms with Crippen molar-refractivity contribution in [3.63, 3.8) is 0 Å². The third-order valence-corrected chi connectivity index (χ3v) is 6.52. The van der Waals surface area contributed by atoms with Gasteiger partial charge in [-0.05, 0) is 42.8 Å². The Morgan fingerprint density at radius 2 is 2.17 bits per heavy atom. The number of carbonyl (C=O) groups is 1. The van der Waals surface area contributed by atoms with E-state index in [9.17, 15) is 4.79 Å². The average Bonchev–Trinajstić information content (AvgIpc) is 3.20. The Morgan fingerprint density at radius 1 is 1.27 bits per heavy atom. The Labute approximate surface area is 179 Å². The summed E-state index contributed by atoms with van der Waals surface area (Å²) in [7, 11) is 2.04. The van der Waals surface area contributed by atoms with Gasteiger partial charge in [0.2, 0.25) is 0 Å². The van der Waals surface area contributed by atoms with Crippen molar-refractivity contribution < 1.29 is 4.79 Å². The minimum absolute atomic E-state index is 0.0456. The monoisotopic (exact) mass is 417 g/mol. The SMILES string of the molecule is Cc1cccc(NC2N=Cc3ccc4sc(C(=O)N5C=CNCC5)cc4c3N2C)c1. The smallest absolute Gasteiger partial charge is 0.268 e. The number of nitrogens with one attached hydrogen (secondary N) is 2. The number of carbonyl (C=O) groups excluding carboxylic acids is 1. The van der Waals surface area contributed by atoms with Crippen LogP contribution in [-0.4, -0.2) is 43.4 Å². The molecule has 0 saturated carbocycles. The number of thiophene rings is 1. The molecule has 2 aliphatic heterocycles. The molecule has 3 aromatic rings. The highest BCUT2D eigenvalue weighted by atomic mass is 32.1. The molecule has 2 aromatic carbocycles. The molecule has 30 heavy (non-hydrogen) atoms. The molecule has 2 N–H and O–H groups in total. The highest BCUT2D eigenvalue weighted by Crippen LogP contribution is 2.38. The maximum absolute atomic E-state index is 13.0. The van der Waals surface area contributed by atoms with E-state index in [0.717, 1.165) is 38.4 Å². The molecule has 1 amide bonds. The molecule has 0 bridgehead atoms. The first-order valence-corrected chi connectivity index (χ1v) is 10.8. The normalized spacial score (nSPS) is 17.7. The van der Waals surface area contributed by atoms with Gasteiger partial charge in [0.05, 0.1) is 10.6 Å². The summed E-state index contributed by atoms with van der Waals surface area (Å²) in [6.07, 6.45) is 5.34. The van der Waals surface area contributed by atoms with Gasteiger partial charge in [-0.3, -0.25) is 4.79 Å². The minimum atomic E-state index is -0.208. The van der Waals surface area contributed by atoms with Gasteiger partial charge < -0.3 is 20.4 Å². The number of anilines is 2. The van der Waals surface area contributed by atoms with E-state index >= 15 is 0 Å². The van der Waals surface area contributed by atoms with Gasteiger partial charge >= 0.3 is 0 Å². The maximum atomic E-state index is 13.0. The van der Waals surface area contributed by atoms with Crippen LogP contribution in [0.5, 0.6) is 0 Å². The van der Waals surface area contributed by atoms with Gasteiger partial charge in [0.1, 0.15) is 0 Å². The molecule has 0 saturated heterocycles. The second-order valence-electron chi connectivity index (χ2n) is 7.57. The van der Waals surface area contributed by atoms with Crippen LogP contribution in [0.2, 0.25) is 0 Å². The van der Waals surface area contributed by atoms with Crippen molar-refractivity contribution in [1.29, 1.82) is 0 Å². The number of rotatable bonds is 3. The molecule has 1 atom stereocenters. The number of fused-ring (bicyclic) bond motifs is 3. The third kappa shape index (κ3) is 3.31. The summed E-state index contributed by atoms with van der Waals surface area (Å²) in [5.74, 6) is 0.0456. The van der Waals surface area contributed by atoms with Gasteiger partial charge in [0.25, 0.3) is 5.91 Å². The topological polar surface area (TPSA) is 60.0 Å². The molecule has 152 valence electrons. The Morgan fingerprint density at radius 3 is 2.97 bits per heavy atom. The summed E-state index contributed by atoms with van der Waals surface area (Å²) in [5, 5.41) is 7.71. The van der Waals surface area contributed by atoms with Crippen LogP contribution in [0.25, 0.3) is 10.1 Å². The second kappa shape index (κ2) is 7.50. The zero-order chi connectivity index (χ0) is 20.7. The Bertz CT molecular complexity index is 1180. The van der Waals surface area contributed by atoms with E-state index in [1.54, 1.807) is 16.2 Å². The molecule has 1 aromatic heterocycles. The van der Waals surface area contributed by atoms with Crippen LogP contribution < -0.4 is 15.5 Å². The highest BCUT2D eigenvalue weighted by molar-refractivity contribution is 7.20. The van der Waals surface area contributed by atoms with Crippen molar-refractivity contribution in [2.75, 3.05) is 30.4 Å². The van der Waals surface area contributed by atoms with Crippen LogP contribution in [0.3, 0.4) is 0 Å². The van der Waals surface area contributed by atoms with E-state index in [1.165, 1.54) is 5.56 Å². The molecule has 0 aliphatic carbocycles. The molecule has 7 heteroatoms. The Hall–Kier alpha value is -3.32. The lowest BCUT2D eigenvalue weighted by Crippen LogP contribution is -2.39. The lowest BCUT2D eigenvalue weighted by atomic mass is 10.1. The molecule has 0 radical (unpaired) electrons. The predicted molar refractivity (Wildman–Crippen MR) is 125 cm³/mol. The number of hydrogen-bond donors (Lipinski definition) is 2. The average molecular weight is 418 g/mol. The van der Waals surface area contributed by atoms with Crippen LogP contribution in [0.15, 0.2) is 59.9 Å². The highest BCUT2D eigenvalue weighted by Gasteiger charge is 2.25. The second-order valence-corrected chi connectivity index (χ2v) is 8.65. The zero-order valence-corrected chi connectivity index (χ0v) is 17.7. The lowest BCUT2D eigenvalue weighted by molar-refractivity contribution is 0.0822. The van der Waals surface area contributed by atoms with Crippen molar-refractivity contribution in [3.8, 4) is 0 Å². The van der Waals surface area contributed by atoms with Gasteiger partial charge in [-0.25, -0.2) is 4.99 Å². The first-order valence-electron chi connectivity index (χ1n) is 9.97. The maximum Gasteiger partial charge on any atom is 0.268 e. The van der Waals surface area contributed by atoms with Crippen LogP contribution in [0.4, 0.5) is 11.4 Å². The summed E-state index contributed by atoms with van der Waals surface area (Å²) in [5.41, 5.74) is 4.39. The summed E-state index contributed by atoms with van der Waals surface area (Å²) < 4.78 is 1.10. The molecular weight excluding hydrogens is 394 g/mol. The molecular formula is C23H23N5OS. The minimum Gasteiger partial charge on any atom is -0.388 e. The van der Waals surface area contributed by atoms with E-state index in [0.29, 0.717) is 6.54 Å². The number of nitrogens with zero attached hydrogens (tertiary/aromatic N) is 3. The molecule has 2 aliphatic rings. The van der Waals surface area contributed by atoms with Crippen LogP contribution in [0, 0.1) is 6.92 Å². The van der Waals surface area contributed by atoms with Crippen LogP contribution in [0.1, 0.15) is 20.8 Å². The first-order chi connectivity index (χ1) is 14.6. The summed E-state index contributed by atoms with van der Waals surface area (Å²) >= 11 is 1.54. The fourth-order valence-corrected chi connectivity index (χ4v) is 4.92. The number of amides is 1. The van der Waals surface area contributed by atoms with Crippen molar-refractivity contribution >= 4 is 44.9 Å². The van der Waals surface area contributed by atoms with E-state index < -0.39 is 0 Å². The van der Waals surface area contributed by atoms with E-state index in [4.69, 9.17) is 4.99 Å². The van der Waals surface area contributed by atoms with Gasteiger partial charge in [0, 0.05) is 60.1 Å². The molecule has 6 nitrogen and oxygen atoms in total. The van der Waals surface area contributed by atoms with E-state index in [-0.39, 0.29) is 12.2 Å². The number of aryl methyl sites for hydroxylation is 1. The largest absolute Gasteiger partial charge is 0.388 e. The molecule has 5 rings (SSSR count). The van der Waals surface area contributed by atoms with Crippen molar-refractivity contribution in [3.05, 3.63) is 70.9 Å². The van der Waals surface area contributed by atoms with Crippen molar-refractivity contribution in [2.45, 2.75) is 13.2 Å². The van der Waals surface area contributed by atoms with Gasteiger partial charge in [-0.2, -0.15) is 0 Å². The van der Waals surface area contributed by atoms with Crippen LogP contribution in [-0.2, 0) is 0 Å². The van der Waals surface area contributed by atoms with Gasteiger partial charge in [-0.15, -0.1) is 11.3 Å². The van der Waals surface area contributed by atoms with Gasteiger partial charge in [-0.1, -0.05) is 12.1 Å². The molecule has 1 unspecified atom stereocenters. The zero-order valence-electron chi connectivity index (χ0n) is 16.9. The Balaban J connectivity index is 1.49. The van der Waals surface area contributed by atoms with E-state index in [1.807, 2.05) is 37.8 Å². The molecule has 0 spiro atoms. The first kappa shape index (κ1) is 18.7. The summed E-state index contributed by atoms with van der Waals surface area (Å²) in [6, 6.07) is 14.5. The Kier molecular flexibility index (Phi) is 4.67. The van der Waals surface area contributed by atoms with Crippen LogP contribution >= 0.6 is 11.3 Å². The predicted octanol–water partition coefficient (Wildman–Crippen LogP) is 3.99. The van der Waals surface area contributed by atoms with E-state index in [2.05, 4.69) is 52.8 Å². The number of aliphatic imine (C=N–C) groups is 1.